The molecule has 0 unspecified atom stereocenters. The molecule has 7 heteroatoms. The highest BCUT2D eigenvalue weighted by Crippen LogP contribution is 2.36. The van der Waals surface area contributed by atoms with Crippen LogP contribution in [-0.4, -0.2) is 31.1 Å². The molecule has 1 atom stereocenters. The zero-order valence-corrected chi connectivity index (χ0v) is 19.1. The van der Waals surface area contributed by atoms with E-state index in [2.05, 4.69) is 5.32 Å². The van der Waals surface area contributed by atoms with Crippen LogP contribution in [0.5, 0.6) is 5.75 Å². The largest absolute Gasteiger partial charge is 0.449 e. The second-order valence-corrected chi connectivity index (χ2v) is 8.53. The van der Waals surface area contributed by atoms with Crippen molar-refractivity contribution < 1.29 is 23.5 Å². The number of para-hydroxylation sites is 2. The molecule has 3 aromatic carbocycles. The molecule has 35 heavy (non-hydrogen) atoms. The summed E-state index contributed by atoms with van der Waals surface area (Å²) in [7, 11) is 0. The van der Waals surface area contributed by atoms with Gasteiger partial charge in [0.05, 0.1) is 18.3 Å². The topological polar surface area (TPSA) is 67.9 Å². The second-order valence-electron chi connectivity index (χ2n) is 8.53. The van der Waals surface area contributed by atoms with Gasteiger partial charge in [-0.05, 0) is 54.8 Å². The summed E-state index contributed by atoms with van der Waals surface area (Å²) in [4.78, 5) is 27.3. The molecule has 2 aliphatic heterocycles. The number of benzene rings is 3. The van der Waals surface area contributed by atoms with E-state index in [9.17, 15) is 14.0 Å². The van der Waals surface area contributed by atoms with Crippen LogP contribution in [0.25, 0.3) is 6.08 Å². The van der Waals surface area contributed by atoms with Gasteiger partial charge in [0, 0.05) is 24.3 Å². The molecule has 1 fully saturated rings. The average Bonchev–Trinajstić information content (AvgIpc) is 3.40. The van der Waals surface area contributed by atoms with Crippen LogP contribution >= 0.6 is 0 Å². The van der Waals surface area contributed by atoms with Gasteiger partial charge in [0.15, 0.2) is 11.5 Å². The summed E-state index contributed by atoms with van der Waals surface area (Å²) in [5.41, 5.74) is 2.22. The summed E-state index contributed by atoms with van der Waals surface area (Å²) in [6.07, 6.45) is 3.68. The summed E-state index contributed by atoms with van der Waals surface area (Å²) < 4.78 is 25.8. The first-order valence-corrected chi connectivity index (χ1v) is 11.6. The molecule has 0 radical (unpaired) electrons. The maximum Gasteiger partial charge on any atom is 0.294 e. The molecule has 0 aliphatic carbocycles. The molecule has 6 nitrogen and oxygen atoms in total. The van der Waals surface area contributed by atoms with E-state index >= 15 is 0 Å². The van der Waals surface area contributed by atoms with E-state index in [-0.39, 0.29) is 36.0 Å². The number of amides is 2. The summed E-state index contributed by atoms with van der Waals surface area (Å²) in [5, 5.41) is 2.90. The minimum absolute atomic E-state index is 0.0764. The molecule has 2 aliphatic rings. The van der Waals surface area contributed by atoms with Crippen LogP contribution in [0.15, 0.2) is 78.6 Å². The number of hydrogen-bond donors (Lipinski definition) is 1. The van der Waals surface area contributed by atoms with E-state index in [0.717, 1.165) is 19.4 Å². The number of fused-ring (bicyclic) bond motifs is 1. The zero-order chi connectivity index (χ0) is 24.2. The van der Waals surface area contributed by atoms with Crippen LogP contribution in [-0.2, 0) is 16.1 Å². The van der Waals surface area contributed by atoms with Crippen LogP contribution in [0.4, 0.5) is 10.1 Å². The minimum Gasteiger partial charge on any atom is -0.449 e. The van der Waals surface area contributed by atoms with E-state index in [1.54, 1.807) is 66.7 Å². The zero-order valence-electron chi connectivity index (χ0n) is 19.1. The van der Waals surface area contributed by atoms with Gasteiger partial charge in [0.1, 0.15) is 5.82 Å². The summed E-state index contributed by atoms with van der Waals surface area (Å²) in [6, 6.07) is 20.5. The molecule has 0 saturated carbocycles. The molecule has 1 saturated heterocycles. The molecular weight excluding hydrogens is 447 g/mol. The van der Waals surface area contributed by atoms with Gasteiger partial charge in [0.2, 0.25) is 0 Å². The number of nitrogens with one attached hydrogen (secondary N) is 1. The van der Waals surface area contributed by atoms with Crippen LogP contribution in [0.3, 0.4) is 0 Å². The maximum absolute atomic E-state index is 14.3. The highest BCUT2D eigenvalue weighted by atomic mass is 19.1. The predicted molar refractivity (Wildman–Crippen MR) is 130 cm³/mol. The summed E-state index contributed by atoms with van der Waals surface area (Å²) in [6.45, 7) is 1.31. The van der Waals surface area contributed by atoms with Crippen molar-refractivity contribution in [3.63, 3.8) is 0 Å². The molecule has 1 N–H and O–H groups in total. The fourth-order valence-corrected chi connectivity index (χ4v) is 4.21. The number of carbonyl (C=O) groups excluding carboxylic acids is 2. The van der Waals surface area contributed by atoms with Gasteiger partial charge in [0.25, 0.3) is 11.8 Å². The molecule has 2 heterocycles. The standard InChI is InChI=1S/C28H25FN2O4/c29-23-8-2-1-6-21(23)18-31-24-9-3-4-10-25(24)35-26(28(31)33)16-19-11-13-20(14-12-19)27(32)30-17-22-7-5-15-34-22/h1-4,6,8-14,16,22H,5,7,15,17-18H2,(H,30,32)/b26-16-/t22-/m1/s1. The van der Waals surface area contributed by atoms with Gasteiger partial charge in [-0.2, -0.15) is 0 Å². The normalized spacial score (nSPS) is 18.3. The second kappa shape index (κ2) is 10.1. The SMILES string of the molecule is O=C(NC[C@H]1CCCO1)c1ccc(/C=C2\Oc3ccccc3N(Cc3ccccc3F)C2=O)cc1. The Morgan fingerprint density at radius 3 is 2.60 bits per heavy atom. The van der Waals surface area contributed by atoms with Gasteiger partial charge < -0.3 is 14.8 Å². The molecule has 5 rings (SSSR count). The Bertz CT molecular complexity index is 1270. The Labute approximate surface area is 203 Å². The Kier molecular flexibility index (Phi) is 6.59. The highest BCUT2D eigenvalue weighted by Gasteiger charge is 2.30. The van der Waals surface area contributed by atoms with Crippen molar-refractivity contribution in [3.8, 4) is 5.75 Å². The fourth-order valence-electron chi connectivity index (χ4n) is 4.21. The Morgan fingerprint density at radius 1 is 1.06 bits per heavy atom. The third-order valence-electron chi connectivity index (χ3n) is 6.10. The van der Waals surface area contributed by atoms with Crippen LogP contribution in [0.1, 0.15) is 34.3 Å². The van der Waals surface area contributed by atoms with Crippen molar-refractivity contribution in [2.75, 3.05) is 18.1 Å². The monoisotopic (exact) mass is 472 g/mol. The Hall–Kier alpha value is -3.97. The van der Waals surface area contributed by atoms with Gasteiger partial charge in [-0.15, -0.1) is 0 Å². The number of carbonyl (C=O) groups is 2. The lowest BCUT2D eigenvalue weighted by Crippen LogP contribution is -2.37. The predicted octanol–water partition coefficient (Wildman–Crippen LogP) is 4.70. The number of anilines is 1. The number of ether oxygens (including phenoxy) is 2. The van der Waals surface area contributed by atoms with Crippen molar-refractivity contribution in [2.45, 2.75) is 25.5 Å². The van der Waals surface area contributed by atoms with Crippen LogP contribution in [0.2, 0.25) is 0 Å². The first kappa shape index (κ1) is 22.8. The highest BCUT2D eigenvalue weighted by molar-refractivity contribution is 6.09. The number of hydrogen-bond acceptors (Lipinski definition) is 4. The lowest BCUT2D eigenvalue weighted by Gasteiger charge is -2.30. The van der Waals surface area contributed by atoms with Gasteiger partial charge >= 0.3 is 0 Å². The van der Waals surface area contributed by atoms with Crippen molar-refractivity contribution >= 4 is 23.6 Å². The molecule has 2 amide bonds. The van der Waals surface area contributed by atoms with Gasteiger partial charge in [-0.3, -0.25) is 14.5 Å². The van der Waals surface area contributed by atoms with E-state index in [1.807, 2.05) is 6.07 Å². The molecular formula is C28H25FN2O4. The van der Waals surface area contributed by atoms with Gasteiger partial charge in [-0.25, -0.2) is 4.39 Å². The smallest absolute Gasteiger partial charge is 0.294 e. The molecule has 0 bridgehead atoms. The third-order valence-corrected chi connectivity index (χ3v) is 6.10. The number of rotatable bonds is 6. The first-order chi connectivity index (χ1) is 17.1. The molecule has 0 spiro atoms. The third kappa shape index (κ3) is 5.10. The summed E-state index contributed by atoms with van der Waals surface area (Å²) in [5.74, 6) is -0.279. The Balaban J connectivity index is 1.34. The van der Waals surface area contributed by atoms with E-state index < -0.39 is 0 Å². The lowest BCUT2D eigenvalue weighted by molar-refractivity contribution is -0.117. The van der Waals surface area contributed by atoms with Crippen molar-refractivity contribution in [1.82, 2.24) is 5.32 Å². The van der Waals surface area contributed by atoms with Gasteiger partial charge in [-0.1, -0.05) is 42.5 Å². The average molecular weight is 473 g/mol. The van der Waals surface area contributed by atoms with Crippen molar-refractivity contribution in [2.24, 2.45) is 0 Å². The van der Waals surface area contributed by atoms with E-state index in [4.69, 9.17) is 9.47 Å². The van der Waals surface area contributed by atoms with E-state index in [1.165, 1.54) is 11.0 Å². The van der Waals surface area contributed by atoms with Crippen LogP contribution in [0, 0.1) is 5.82 Å². The fraction of sp³-hybridized carbons (Fsp3) is 0.214. The Morgan fingerprint density at radius 2 is 1.83 bits per heavy atom. The van der Waals surface area contributed by atoms with E-state index in [0.29, 0.717) is 34.7 Å². The first-order valence-electron chi connectivity index (χ1n) is 11.6. The molecule has 0 aromatic heterocycles. The maximum atomic E-state index is 14.3. The number of nitrogens with zero attached hydrogens (tertiary/aromatic N) is 1. The molecule has 178 valence electrons. The lowest BCUT2D eigenvalue weighted by atomic mass is 10.1. The van der Waals surface area contributed by atoms with Crippen molar-refractivity contribution in [1.29, 1.82) is 0 Å². The quantitative estimate of drug-likeness (QED) is 0.528. The molecule has 3 aromatic rings. The van der Waals surface area contributed by atoms with Crippen LogP contribution < -0.4 is 15.0 Å². The summed E-state index contributed by atoms with van der Waals surface area (Å²) >= 11 is 0. The minimum atomic E-state index is -0.372. The van der Waals surface area contributed by atoms with Crippen molar-refractivity contribution in [3.05, 3.63) is 101 Å². The number of halogens is 1.